The van der Waals surface area contributed by atoms with Crippen molar-refractivity contribution in [3.8, 4) is 5.88 Å². The van der Waals surface area contributed by atoms with Crippen LogP contribution in [0.4, 0.5) is 10.6 Å². The van der Waals surface area contributed by atoms with E-state index in [2.05, 4.69) is 9.84 Å². The number of nitrogens with two attached hydrogens (primary N) is 1. The lowest BCUT2D eigenvalue weighted by atomic mass is 10.2. The second-order valence-corrected chi connectivity index (χ2v) is 4.35. The zero-order valence-electron chi connectivity index (χ0n) is 10.9. The largest absolute Gasteiger partial charge is 0.515 e. The van der Waals surface area contributed by atoms with Gasteiger partial charge in [-0.15, -0.1) is 5.10 Å². The number of anilines is 1. The van der Waals surface area contributed by atoms with Gasteiger partial charge in [0.2, 0.25) is 5.88 Å². The van der Waals surface area contributed by atoms with Crippen LogP contribution in [0.25, 0.3) is 0 Å². The van der Waals surface area contributed by atoms with Crippen molar-refractivity contribution in [1.82, 2.24) is 9.78 Å². The van der Waals surface area contributed by atoms with Crippen molar-refractivity contribution in [2.24, 2.45) is 0 Å². The van der Waals surface area contributed by atoms with Crippen LogP contribution in [0.5, 0.6) is 5.88 Å². The second kappa shape index (κ2) is 6.29. The van der Waals surface area contributed by atoms with Gasteiger partial charge < -0.3 is 15.2 Å². The molecule has 0 aliphatic rings. The zero-order chi connectivity index (χ0) is 14.5. The molecule has 0 unspecified atom stereocenters. The number of nitrogen functional groups attached to an aromatic ring is 1. The highest BCUT2D eigenvalue weighted by atomic mass is 35.5. The van der Waals surface area contributed by atoms with Gasteiger partial charge in [-0.2, -0.15) is 0 Å². The highest BCUT2D eigenvalue weighted by Crippen LogP contribution is 2.20. The monoisotopic (exact) mass is 295 g/mol. The smallest absolute Gasteiger partial charge is 0.434 e. The second-order valence-electron chi connectivity index (χ2n) is 3.94. The Kier molecular flexibility index (Phi) is 4.47. The van der Waals surface area contributed by atoms with Crippen LogP contribution in [0, 0.1) is 0 Å². The number of carbonyl (C=O) groups is 1. The normalized spacial score (nSPS) is 10.3. The SMILES string of the molecule is CCOC(=O)Oc1cc(N)n(Cc2ccccc2Cl)n1. The Morgan fingerprint density at radius 3 is 2.90 bits per heavy atom. The first-order chi connectivity index (χ1) is 9.60. The summed E-state index contributed by atoms with van der Waals surface area (Å²) in [5.74, 6) is 0.456. The van der Waals surface area contributed by atoms with E-state index in [1.165, 1.54) is 10.7 Å². The molecule has 0 saturated carbocycles. The van der Waals surface area contributed by atoms with Crippen molar-refractivity contribution in [3.05, 3.63) is 40.9 Å². The Balaban J connectivity index is 2.12. The molecule has 0 spiro atoms. The van der Waals surface area contributed by atoms with Crippen molar-refractivity contribution in [2.45, 2.75) is 13.5 Å². The zero-order valence-corrected chi connectivity index (χ0v) is 11.6. The van der Waals surface area contributed by atoms with Crippen molar-refractivity contribution >= 4 is 23.6 Å². The Bertz CT molecular complexity index is 613. The molecule has 1 aromatic heterocycles. The van der Waals surface area contributed by atoms with E-state index in [1.807, 2.05) is 18.2 Å². The van der Waals surface area contributed by atoms with E-state index in [0.717, 1.165) is 5.56 Å². The van der Waals surface area contributed by atoms with Gasteiger partial charge >= 0.3 is 6.16 Å². The minimum atomic E-state index is -0.810. The van der Waals surface area contributed by atoms with Gasteiger partial charge in [0.05, 0.1) is 13.2 Å². The van der Waals surface area contributed by atoms with Crippen molar-refractivity contribution < 1.29 is 14.3 Å². The first-order valence-corrected chi connectivity index (χ1v) is 6.39. The minimum absolute atomic E-state index is 0.0907. The van der Waals surface area contributed by atoms with Gasteiger partial charge in [0.15, 0.2) is 0 Å². The molecule has 0 bridgehead atoms. The van der Waals surface area contributed by atoms with Gasteiger partial charge in [0.25, 0.3) is 0 Å². The molecule has 2 aromatic rings. The molecule has 0 saturated heterocycles. The summed E-state index contributed by atoms with van der Waals surface area (Å²) in [4.78, 5) is 11.2. The maximum atomic E-state index is 11.2. The average molecular weight is 296 g/mol. The minimum Gasteiger partial charge on any atom is -0.434 e. The van der Waals surface area contributed by atoms with E-state index < -0.39 is 6.16 Å². The summed E-state index contributed by atoms with van der Waals surface area (Å²) in [6.45, 7) is 2.30. The van der Waals surface area contributed by atoms with E-state index in [4.69, 9.17) is 22.1 Å². The topological polar surface area (TPSA) is 79.4 Å². The third-order valence-corrected chi connectivity index (χ3v) is 2.89. The average Bonchev–Trinajstić information content (AvgIpc) is 2.72. The molecular weight excluding hydrogens is 282 g/mol. The van der Waals surface area contributed by atoms with Crippen molar-refractivity contribution in [3.63, 3.8) is 0 Å². The molecular formula is C13H14ClN3O3. The molecule has 0 radical (unpaired) electrons. The first-order valence-electron chi connectivity index (χ1n) is 6.01. The van der Waals surface area contributed by atoms with Crippen LogP contribution in [0.1, 0.15) is 12.5 Å². The summed E-state index contributed by atoms with van der Waals surface area (Å²) in [5.41, 5.74) is 6.68. The maximum absolute atomic E-state index is 11.2. The molecule has 0 atom stereocenters. The third kappa shape index (κ3) is 3.42. The molecule has 2 N–H and O–H groups in total. The molecule has 6 nitrogen and oxygen atoms in total. The Labute approximate surface area is 121 Å². The predicted molar refractivity (Wildman–Crippen MR) is 74.8 cm³/mol. The van der Waals surface area contributed by atoms with Gasteiger partial charge in [-0.25, -0.2) is 9.48 Å². The van der Waals surface area contributed by atoms with Crippen molar-refractivity contribution in [1.29, 1.82) is 0 Å². The third-order valence-electron chi connectivity index (χ3n) is 2.52. The summed E-state index contributed by atoms with van der Waals surface area (Å²) >= 11 is 6.07. The number of hydrogen-bond acceptors (Lipinski definition) is 5. The lowest BCUT2D eigenvalue weighted by molar-refractivity contribution is 0.102. The van der Waals surface area contributed by atoms with E-state index in [0.29, 0.717) is 17.4 Å². The van der Waals surface area contributed by atoms with Crippen LogP contribution < -0.4 is 10.5 Å². The molecule has 2 rings (SSSR count). The molecule has 0 amide bonds. The Morgan fingerprint density at radius 2 is 2.20 bits per heavy atom. The molecule has 20 heavy (non-hydrogen) atoms. The van der Waals surface area contributed by atoms with E-state index in [1.54, 1.807) is 13.0 Å². The first kappa shape index (κ1) is 14.2. The summed E-state index contributed by atoms with van der Waals surface area (Å²) < 4.78 is 11.0. The fourth-order valence-corrected chi connectivity index (χ4v) is 1.80. The number of nitrogens with zero attached hydrogens (tertiary/aromatic N) is 2. The van der Waals surface area contributed by atoms with Crippen LogP contribution in [0.15, 0.2) is 30.3 Å². The number of carbonyl (C=O) groups excluding carboxylic acids is 1. The molecule has 0 aliphatic heterocycles. The van der Waals surface area contributed by atoms with Crippen LogP contribution in [-0.4, -0.2) is 22.5 Å². The lowest BCUT2D eigenvalue weighted by Gasteiger charge is -2.05. The quantitative estimate of drug-likeness (QED) is 0.877. The number of ether oxygens (including phenoxy) is 2. The van der Waals surface area contributed by atoms with Gasteiger partial charge in [-0.1, -0.05) is 29.8 Å². The number of hydrogen-bond donors (Lipinski definition) is 1. The lowest BCUT2D eigenvalue weighted by Crippen LogP contribution is -2.11. The van der Waals surface area contributed by atoms with E-state index in [-0.39, 0.29) is 12.5 Å². The Hall–Kier alpha value is -2.21. The molecule has 0 aliphatic carbocycles. The van der Waals surface area contributed by atoms with Crippen LogP contribution in [0.2, 0.25) is 5.02 Å². The number of rotatable bonds is 4. The molecule has 7 heteroatoms. The van der Waals surface area contributed by atoms with E-state index in [9.17, 15) is 4.79 Å². The Morgan fingerprint density at radius 1 is 1.45 bits per heavy atom. The summed E-state index contributed by atoms with van der Waals surface area (Å²) in [7, 11) is 0. The fourth-order valence-electron chi connectivity index (χ4n) is 1.60. The number of aromatic nitrogens is 2. The maximum Gasteiger partial charge on any atom is 0.515 e. The fraction of sp³-hybridized carbons (Fsp3) is 0.231. The van der Waals surface area contributed by atoms with Crippen LogP contribution >= 0.6 is 11.6 Å². The molecule has 1 heterocycles. The summed E-state index contributed by atoms with van der Waals surface area (Å²) in [5, 5.41) is 4.70. The van der Waals surface area contributed by atoms with Crippen LogP contribution in [0.3, 0.4) is 0 Å². The van der Waals surface area contributed by atoms with Gasteiger partial charge in [-0.3, -0.25) is 0 Å². The highest BCUT2D eigenvalue weighted by Gasteiger charge is 2.12. The van der Waals surface area contributed by atoms with Gasteiger partial charge in [0, 0.05) is 11.1 Å². The molecule has 1 aromatic carbocycles. The summed E-state index contributed by atoms with van der Waals surface area (Å²) in [6, 6.07) is 8.82. The predicted octanol–water partition coefficient (Wildman–Crippen LogP) is 2.70. The molecule has 0 fully saturated rings. The van der Waals surface area contributed by atoms with Gasteiger partial charge in [-0.05, 0) is 18.6 Å². The molecule has 106 valence electrons. The summed E-state index contributed by atoms with van der Waals surface area (Å²) in [6.07, 6.45) is -0.810. The van der Waals surface area contributed by atoms with Gasteiger partial charge in [0.1, 0.15) is 5.82 Å². The standard InChI is InChI=1S/C13H14ClN3O3/c1-2-19-13(18)20-12-7-11(15)17(16-12)8-9-5-3-4-6-10(9)14/h3-7H,2,8,15H2,1H3. The highest BCUT2D eigenvalue weighted by molar-refractivity contribution is 6.31. The van der Waals surface area contributed by atoms with Crippen LogP contribution in [-0.2, 0) is 11.3 Å². The number of halogens is 1. The van der Waals surface area contributed by atoms with E-state index >= 15 is 0 Å². The van der Waals surface area contributed by atoms with Crippen molar-refractivity contribution in [2.75, 3.05) is 12.3 Å². The number of benzene rings is 1.